The van der Waals surface area contributed by atoms with Crippen LogP contribution in [0.1, 0.15) is 40.0 Å². The van der Waals surface area contributed by atoms with E-state index in [1.165, 1.54) is 0 Å². The first kappa shape index (κ1) is 10.5. The maximum atomic E-state index is 11.1. The van der Waals surface area contributed by atoms with E-state index in [1.807, 2.05) is 0 Å². The van der Waals surface area contributed by atoms with Crippen molar-refractivity contribution in [3.05, 3.63) is 0 Å². The Morgan fingerprint density at radius 2 is 2.08 bits per heavy atom. The molecule has 0 spiro atoms. The van der Waals surface area contributed by atoms with E-state index in [0.717, 1.165) is 12.8 Å². The topological polar surface area (TPSA) is 63.3 Å². The Hall–Kier alpha value is -0.570. The van der Waals surface area contributed by atoms with Crippen molar-refractivity contribution < 1.29 is 9.90 Å². The van der Waals surface area contributed by atoms with Gasteiger partial charge in [-0.2, -0.15) is 0 Å². The van der Waals surface area contributed by atoms with Crippen molar-refractivity contribution >= 4 is 5.97 Å². The van der Waals surface area contributed by atoms with Gasteiger partial charge in [0.05, 0.1) is 0 Å². The zero-order valence-electron chi connectivity index (χ0n) is 8.63. The predicted molar refractivity (Wildman–Crippen MR) is 51.4 cm³/mol. The third-order valence-electron chi connectivity index (χ3n) is 3.15. The Morgan fingerprint density at radius 1 is 1.54 bits per heavy atom. The second kappa shape index (κ2) is 2.98. The molecule has 0 bridgehead atoms. The highest BCUT2D eigenvalue weighted by Crippen LogP contribution is 2.44. The molecule has 1 aliphatic carbocycles. The van der Waals surface area contributed by atoms with Crippen LogP contribution in [0.4, 0.5) is 0 Å². The first-order valence-electron chi connectivity index (χ1n) is 4.81. The number of carbonyl (C=O) groups is 1. The number of carboxylic acids is 1. The lowest BCUT2D eigenvalue weighted by Crippen LogP contribution is -2.54. The number of aliphatic carboxylic acids is 1. The van der Waals surface area contributed by atoms with Crippen LogP contribution in [0.15, 0.2) is 0 Å². The molecule has 76 valence electrons. The van der Waals surface area contributed by atoms with Crippen LogP contribution in [0.25, 0.3) is 0 Å². The molecule has 13 heavy (non-hydrogen) atoms. The lowest BCUT2D eigenvalue weighted by Gasteiger charge is -2.36. The van der Waals surface area contributed by atoms with Gasteiger partial charge in [0.15, 0.2) is 0 Å². The standard InChI is InChI=1S/C10H19NO2/c1-9(2,3)7-5-4-6-10(7,11)8(12)13/h7H,4-6,11H2,1-3H3,(H,12,13)/t7-,10+/m0/s1. The molecule has 1 saturated carbocycles. The Bertz CT molecular complexity index is 219. The van der Waals surface area contributed by atoms with Gasteiger partial charge in [0.2, 0.25) is 0 Å². The molecule has 0 amide bonds. The first-order valence-corrected chi connectivity index (χ1v) is 4.81. The number of rotatable bonds is 1. The number of hydrogen-bond donors (Lipinski definition) is 2. The van der Waals surface area contributed by atoms with Crippen LogP contribution in [0.5, 0.6) is 0 Å². The maximum Gasteiger partial charge on any atom is 0.323 e. The molecule has 0 aromatic heterocycles. The largest absolute Gasteiger partial charge is 0.480 e. The van der Waals surface area contributed by atoms with Crippen LogP contribution >= 0.6 is 0 Å². The average Bonchev–Trinajstić information content (AvgIpc) is 2.31. The van der Waals surface area contributed by atoms with Crippen LogP contribution in [0.3, 0.4) is 0 Å². The Morgan fingerprint density at radius 3 is 2.38 bits per heavy atom. The minimum Gasteiger partial charge on any atom is -0.480 e. The molecule has 0 radical (unpaired) electrons. The van der Waals surface area contributed by atoms with Crippen LogP contribution in [0, 0.1) is 11.3 Å². The van der Waals surface area contributed by atoms with Gasteiger partial charge in [0.1, 0.15) is 5.54 Å². The summed E-state index contributed by atoms with van der Waals surface area (Å²) >= 11 is 0. The van der Waals surface area contributed by atoms with Crippen molar-refractivity contribution in [3.63, 3.8) is 0 Å². The predicted octanol–water partition coefficient (Wildman–Crippen LogP) is 1.61. The molecule has 3 N–H and O–H groups in total. The third kappa shape index (κ3) is 1.70. The fraction of sp³-hybridized carbons (Fsp3) is 0.900. The molecule has 0 aromatic rings. The van der Waals surface area contributed by atoms with Crippen LogP contribution in [-0.2, 0) is 4.79 Å². The smallest absolute Gasteiger partial charge is 0.323 e. The summed E-state index contributed by atoms with van der Waals surface area (Å²) in [5, 5.41) is 9.08. The lowest BCUT2D eigenvalue weighted by atomic mass is 9.71. The quantitative estimate of drug-likeness (QED) is 0.652. The summed E-state index contributed by atoms with van der Waals surface area (Å²) in [5.74, 6) is -0.748. The van der Waals surface area contributed by atoms with E-state index in [1.54, 1.807) is 0 Å². The van der Waals surface area contributed by atoms with E-state index in [0.29, 0.717) is 6.42 Å². The first-order chi connectivity index (χ1) is 5.78. The summed E-state index contributed by atoms with van der Waals surface area (Å²) in [6, 6.07) is 0. The maximum absolute atomic E-state index is 11.1. The molecule has 0 unspecified atom stereocenters. The van der Waals surface area contributed by atoms with E-state index < -0.39 is 11.5 Å². The number of nitrogens with two attached hydrogens (primary N) is 1. The minimum absolute atomic E-state index is 0.0103. The normalized spacial score (nSPS) is 34.9. The zero-order valence-corrected chi connectivity index (χ0v) is 8.63. The number of hydrogen-bond acceptors (Lipinski definition) is 2. The van der Waals surface area contributed by atoms with Gasteiger partial charge in [0.25, 0.3) is 0 Å². The molecule has 3 heteroatoms. The molecule has 3 nitrogen and oxygen atoms in total. The fourth-order valence-electron chi connectivity index (χ4n) is 2.49. The van der Waals surface area contributed by atoms with Crippen LogP contribution < -0.4 is 5.73 Å². The van der Waals surface area contributed by atoms with Gasteiger partial charge in [-0.25, -0.2) is 0 Å². The highest BCUT2D eigenvalue weighted by molar-refractivity contribution is 5.79. The Balaban J connectivity index is 2.93. The Kier molecular flexibility index (Phi) is 2.41. The molecule has 0 aliphatic heterocycles. The average molecular weight is 185 g/mol. The fourth-order valence-corrected chi connectivity index (χ4v) is 2.49. The molecule has 1 fully saturated rings. The van der Waals surface area contributed by atoms with Gasteiger partial charge in [0, 0.05) is 0 Å². The van der Waals surface area contributed by atoms with Gasteiger partial charge in [-0.3, -0.25) is 4.79 Å². The molecule has 0 saturated heterocycles. The van der Waals surface area contributed by atoms with Crippen molar-refractivity contribution in [2.75, 3.05) is 0 Å². The molecule has 0 heterocycles. The van der Waals surface area contributed by atoms with E-state index in [4.69, 9.17) is 10.8 Å². The van der Waals surface area contributed by atoms with Crippen molar-refractivity contribution in [2.24, 2.45) is 17.1 Å². The molecule has 2 atom stereocenters. The van der Waals surface area contributed by atoms with Crippen molar-refractivity contribution in [3.8, 4) is 0 Å². The van der Waals surface area contributed by atoms with Gasteiger partial charge in [-0.05, 0) is 24.2 Å². The second-order valence-electron chi connectivity index (χ2n) is 5.16. The Labute approximate surface area is 79.3 Å². The van der Waals surface area contributed by atoms with E-state index in [-0.39, 0.29) is 11.3 Å². The van der Waals surface area contributed by atoms with Gasteiger partial charge in [-0.1, -0.05) is 27.2 Å². The van der Waals surface area contributed by atoms with E-state index >= 15 is 0 Å². The molecule has 1 aliphatic rings. The highest BCUT2D eigenvalue weighted by Gasteiger charge is 2.50. The number of carboxylic acid groups (broad SMARTS) is 1. The lowest BCUT2D eigenvalue weighted by molar-refractivity contribution is -0.146. The van der Waals surface area contributed by atoms with Crippen molar-refractivity contribution in [1.29, 1.82) is 0 Å². The van der Waals surface area contributed by atoms with E-state index in [2.05, 4.69) is 20.8 Å². The summed E-state index contributed by atoms with van der Waals surface area (Å²) in [6.07, 6.45) is 2.49. The third-order valence-corrected chi connectivity index (χ3v) is 3.15. The summed E-state index contributed by atoms with van der Waals surface area (Å²) in [4.78, 5) is 11.1. The van der Waals surface area contributed by atoms with E-state index in [9.17, 15) is 4.79 Å². The zero-order chi connectivity index (χ0) is 10.3. The summed E-state index contributed by atoms with van der Waals surface area (Å²) in [6.45, 7) is 6.19. The molecule has 0 aromatic carbocycles. The summed E-state index contributed by atoms with van der Waals surface area (Å²) in [7, 11) is 0. The van der Waals surface area contributed by atoms with Crippen molar-refractivity contribution in [2.45, 2.75) is 45.6 Å². The summed E-state index contributed by atoms with van der Waals surface area (Å²) in [5.41, 5.74) is 4.93. The SMILES string of the molecule is CC(C)(C)[C@@H]1CCC[C@]1(N)C(=O)O. The molecular weight excluding hydrogens is 166 g/mol. The minimum atomic E-state index is -0.988. The highest BCUT2D eigenvalue weighted by atomic mass is 16.4. The second-order valence-corrected chi connectivity index (χ2v) is 5.16. The van der Waals surface area contributed by atoms with Gasteiger partial charge < -0.3 is 10.8 Å². The summed E-state index contributed by atoms with van der Waals surface area (Å²) < 4.78 is 0. The van der Waals surface area contributed by atoms with Gasteiger partial charge >= 0.3 is 5.97 Å². The molecular formula is C10H19NO2. The van der Waals surface area contributed by atoms with Crippen molar-refractivity contribution in [1.82, 2.24) is 0 Å². The monoisotopic (exact) mass is 185 g/mol. The van der Waals surface area contributed by atoms with Crippen LogP contribution in [0.2, 0.25) is 0 Å². The molecule has 1 rings (SSSR count). The van der Waals surface area contributed by atoms with Gasteiger partial charge in [-0.15, -0.1) is 0 Å². The van der Waals surface area contributed by atoms with Crippen LogP contribution in [-0.4, -0.2) is 16.6 Å².